The van der Waals surface area contributed by atoms with Gasteiger partial charge in [-0.1, -0.05) is 23.8 Å². The fourth-order valence-electron chi connectivity index (χ4n) is 3.97. The van der Waals surface area contributed by atoms with Crippen molar-refractivity contribution >= 4 is 23.4 Å². The molecule has 1 atom stereocenters. The molecule has 2 aromatic carbocycles. The van der Waals surface area contributed by atoms with Gasteiger partial charge in [-0.15, -0.1) is 0 Å². The third-order valence-electron chi connectivity index (χ3n) is 5.79. The van der Waals surface area contributed by atoms with Crippen molar-refractivity contribution in [1.29, 1.82) is 0 Å². The number of rotatable bonds is 5. The molecule has 0 N–H and O–H groups in total. The minimum Gasteiger partial charge on any atom is -0.454 e. The fourth-order valence-corrected chi connectivity index (χ4v) is 3.97. The van der Waals surface area contributed by atoms with Crippen molar-refractivity contribution < 1.29 is 23.9 Å². The number of imide groups is 1. The van der Waals surface area contributed by atoms with Gasteiger partial charge in [0.15, 0.2) is 11.5 Å². The number of aryl methyl sites for hydroxylation is 1. The Labute approximate surface area is 174 Å². The highest BCUT2D eigenvalue weighted by Gasteiger charge is 2.46. The highest BCUT2D eigenvalue weighted by Crippen LogP contribution is 2.37. The standard InChI is InChI=1S/C23H22N2O5/c1-14-2-7-17(8-3-14)25-21(26)11-18(23(25)28)24(22(27)16-5-6-16)12-15-4-9-19-20(10-15)30-13-29-19/h2-4,7-10,16,18H,5-6,11-13H2,1H3. The van der Waals surface area contributed by atoms with Crippen LogP contribution in [0.15, 0.2) is 42.5 Å². The van der Waals surface area contributed by atoms with Crippen molar-refractivity contribution in [3.05, 3.63) is 53.6 Å². The van der Waals surface area contributed by atoms with Gasteiger partial charge in [0.05, 0.1) is 12.1 Å². The van der Waals surface area contributed by atoms with Crippen molar-refractivity contribution in [3.8, 4) is 11.5 Å². The highest BCUT2D eigenvalue weighted by atomic mass is 16.7. The molecule has 0 radical (unpaired) electrons. The molecule has 3 amide bonds. The first kappa shape index (κ1) is 18.7. The van der Waals surface area contributed by atoms with Gasteiger partial charge in [0.2, 0.25) is 18.6 Å². The van der Waals surface area contributed by atoms with E-state index >= 15 is 0 Å². The van der Waals surface area contributed by atoms with E-state index in [1.807, 2.05) is 31.2 Å². The van der Waals surface area contributed by atoms with E-state index in [9.17, 15) is 14.4 Å². The Kier molecular flexibility index (Phi) is 4.46. The molecule has 154 valence electrons. The molecule has 3 aliphatic rings. The maximum atomic E-state index is 13.2. The van der Waals surface area contributed by atoms with E-state index in [4.69, 9.17) is 9.47 Å². The Morgan fingerprint density at radius 3 is 2.53 bits per heavy atom. The van der Waals surface area contributed by atoms with Crippen LogP contribution in [0.25, 0.3) is 0 Å². The number of carbonyl (C=O) groups excluding carboxylic acids is 3. The predicted octanol–water partition coefficient (Wildman–Crippen LogP) is 2.79. The molecule has 7 heteroatoms. The molecule has 30 heavy (non-hydrogen) atoms. The summed E-state index contributed by atoms with van der Waals surface area (Å²) in [4.78, 5) is 41.8. The molecule has 1 unspecified atom stereocenters. The SMILES string of the molecule is Cc1ccc(N2C(=O)CC(N(Cc3ccc4c(c3)OCO4)C(=O)C3CC3)C2=O)cc1. The number of ether oxygens (including phenoxy) is 2. The molecule has 2 aliphatic heterocycles. The van der Waals surface area contributed by atoms with Gasteiger partial charge < -0.3 is 14.4 Å². The molecule has 1 saturated heterocycles. The van der Waals surface area contributed by atoms with Crippen LogP contribution in [0, 0.1) is 12.8 Å². The number of carbonyl (C=O) groups is 3. The average molecular weight is 406 g/mol. The molecule has 5 rings (SSSR count). The Balaban J connectivity index is 1.43. The predicted molar refractivity (Wildman–Crippen MR) is 108 cm³/mol. The smallest absolute Gasteiger partial charge is 0.257 e. The van der Waals surface area contributed by atoms with Gasteiger partial charge in [-0.3, -0.25) is 14.4 Å². The summed E-state index contributed by atoms with van der Waals surface area (Å²) in [6.07, 6.45) is 1.65. The number of fused-ring (bicyclic) bond motifs is 1. The minimum atomic E-state index is -0.794. The largest absolute Gasteiger partial charge is 0.454 e. The first-order chi connectivity index (χ1) is 14.5. The zero-order valence-electron chi connectivity index (χ0n) is 16.7. The summed E-state index contributed by atoms with van der Waals surface area (Å²) >= 11 is 0. The minimum absolute atomic E-state index is 0.00424. The summed E-state index contributed by atoms with van der Waals surface area (Å²) in [7, 11) is 0. The van der Waals surface area contributed by atoms with E-state index in [1.165, 1.54) is 4.90 Å². The van der Waals surface area contributed by atoms with Crippen LogP contribution in [0.3, 0.4) is 0 Å². The Morgan fingerprint density at radius 2 is 1.80 bits per heavy atom. The van der Waals surface area contributed by atoms with Gasteiger partial charge in [0, 0.05) is 12.5 Å². The molecule has 2 fully saturated rings. The Morgan fingerprint density at radius 1 is 1.07 bits per heavy atom. The first-order valence-electron chi connectivity index (χ1n) is 10.1. The molecular formula is C23H22N2O5. The maximum absolute atomic E-state index is 13.2. The lowest BCUT2D eigenvalue weighted by Gasteiger charge is -2.28. The lowest BCUT2D eigenvalue weighted by atomic mass is 10.1. The van der Waals surface area contributed by atoms with Crippen LogP contribution in [0.4, 0.5) is 5.69 Å². The zero-order chi connectivity index (χ0) is 20.8. The lowest BCUT2D eigenvalue weighted by Crippen LogP contribution is -2.45. The van der Waals surface area contributed by atoms with Crippen LogP contribution in [0.2, 0.25) is 0 Å². The molecule has 7 nitrogen and oxygen atoms in total. The van der Waals surface area contributed by atoms with Crippen LogP contribution in [-0.4, -0.2) is 35.5 Å². The van der Waals surface area contributed by atoms with Gasteiger partial charge >= 0.3 is 0 Å². The highest BCUT2D eigenvalue weighted by molar-refractivity contribution is 6.23. The molecule has 0 spiro atoms. The summed E-state index contributed by atoms with van der Waals surface area (Å²) in [5.41, 5.74) is 2.42. The summed E-state index contributed by atoms with van der Waals surface area (Å²) < 4.78 is 10.8. The molecule has 1 aliphatic carbocycles. The number of nitrogens with zero attached hydrogens (tertiary/aromatic N) is 2. The number of benzene rings is 2. The fraction of sp³-hybridized carbons (Fsp3) is 0.348. The molecule has 1 saturated carbocycles. The van der Waals surface area contributed by atoms with Gasteiger partial charge in [-0.25, -0.2) is 4.90 Å². The summed E-state index contributed by atoms with van der Waals surface area (Å²) in [6, 6.07) is 12.0. The van der Waals surface area contributed by atoms with Crippen LogP contribution in [0.5, 0.6) is 11.5 Å². The topological polar surface area (TPSA) is 76.2 Å². The monoisotopic (exact) mass is 406 g/mol. The Hall–Kier alpha value is -3.35. The van der Waals surface area contributed by atoms with Crippen molar-refractivity contribution in [1.82, 2.24) is 4.90 Å². The molecule has 2 aromatic rings. The van der Waals surface area contributed by atoms with E-state index in [-0.39, 0.29) is 43.4 Å². The van der Waals surface area contributed by atoms with E-state index in [0.29, 0.717) is 17.2 Å². The Bertz CT molecular complexity index is 1030. The second-order valence-electron chi connectivity index (χ2n) is 8.05. The number of hydrogen-bond donors (Lipinski definition) is 0. The first-order valence-corrected chi connectivity index (χ1v) is 10.1. The second kappa shape index (κ2) is 7.16. The molecular weight excluding hydrogens is 384 g/mol. The zero-order valence-corrected chi connectivity index (χ0v) is 16.7. The van der Waals surface area contributed by atoms with Crippen molar-refractivity contribution in [2.45, 2.75) is 38.8 Å². The number of anilines is 1. The maximum Gasteiger partial charge on any atom is 0.257 e. The second-order valence-corrected chi connectivity index (χ2v) is 8.05. The molecule has 0 aromatic heterocycles. The third-order valence-corrected chi connectivity index (χ3v) is 5.79. The van der Waals surface area contributed by atoms with E-state index in [0.717, 1.165) is 24.0 Å². The van der Waals surface area contributed by atoms with E-state index in [1.54, 1.807) is 23.1 Å². The van der Waals surface area contributed by atoms with Crippen LogP contribution < -0.4 is 14.4 Å². The quantitative estimate of drug-likeness (QED) is 0.714. The van der Waals surface area contributed by atoms with E-state index < -0.39 is 6.04 Å². The molecule has 0 bridgehead atoms. The van der Waals surface area contributed by atoms with Crippen LogP contribution in [-0.2, 0) is 20.9 Å². The normalized spacial score (nSPS) is 20.0. The summed E-state index contributed by atoms with van der Waals surface area (Å²) in [6.45, 7) is 2.36. The molecule has 2 heterocycles. The van der Waals surface area contributed by atoms with Crippen LogP contribution >= 0.6 is 0 Å². The lowest BCUT2D eigenvalue weighted by molar-refractivity contribution is -0.140. The average Bonchev–Trinajstić information content (AvgIpc) is 3.41. The van der Waals surface area contributed by atoms with Gasteiger partial charge in [-0.05, 0) is 49.6 Å². The van der Waals surface area contributed by atoms with E-state index in [2.05, 4.69) is 0 Å². The van der Waals surface area contributed by atoms with Gasteiger partial charge in [-0.2, -0.15) is 0 Å². The van der Waals surface area contributed by atoms with Crippen LogP contribution in [0.1, 0.15) is 30.4 Å². The summed E-state index contributed by atoms with van der Waals surface area (Å²) in [5, 5.41) is 0. The third kappa shape index (κ3) is 3.30. The van der Waals surface area contributed by atoms with Gasteiger partial charge in [0.25, 0.3) is 5.91 Å². The number of amides is 3. The van der Waals surface area contributed by atoms with Crippen molar-refractivity contribution in [2.75, 3.05) is 11.7 Å². The summed E-state index contributed by atoms with van der Waals surface area (Å²) in [5.74, 6) is 0.532. The van der Waals surface area contributed by atoms with Crippen molar-refractivity contribution in [2.24, 2.45) is 5.92 Å². The van der Waals surface area contributed by atoms with Gasteiger partial charge in [0.1, 0.15) is 6.04 Å². The number of hydrogen-bond acceptors (Lipinski definition) is 5. The van der Waals surface area contributed by atoms with Crippen molar-refractivity contribution in [3.63, 3.8) is 0 Å².